The highest BCUT2D eigenvalue weighted by Crippen LogP contribution is 2.25. The van der Waals surface area contributed by atoms with Crippen LogP contribution in [0.3, 0.4) is 0 Å². The van der Waals surface area contributed by atoms with Crippen molar-refractivity contribution in [1.29, 1.82) is 0 Å². The molecule has 0 radical (unpaired) electrons. The fourth-order valence-electron chi connectivity index (χ4n) is 2.50. The van der Waals surface area contributed by atoms with Crippen molar-refractivity contribution in [1.82, 2.24) is 14.3 Å². The average Bonchev–Trinajstić information content (AvgIpc) is 2.93. The van der Waals surface area contributed by atoms with E-state index in [1.807, 2.05) is 35.8 Å². The molecule has 3 rings (SSSR count). The Morgan fingerprint density at radius 1 is 1.21 bits per heavy atom. The van der Waals surface area contributed by atoms with Gasteiger partial charge in [0.1, 0.15) is 5.82 Å². The van der Waals surface area contributed by atoms with Crippen LogP contribution < -0.4 is 4.72 Å². The molecule has 0 saturated carbocycles. The van der Waals surface area contributed by atoms with E-state index in [1.54, 1.807) is 6.07 Å². The first kappa shape index (κ1) is 17.2. The fourth-order valence-corrected chi connectivity index (χ4v) is 3.27. The predicted molar refractivity (Wildman–Crippen MR) is 94.5 cm³/mol. The summed E-state index contributed by atoms with van der Waals surface area (Å²) in [5, 5.41) is 0.696. The highest BCUT2D eigenvalue weighted by Gasteiger charge is 2.13. The second-order valence-corrected chi connectivity index (χ2v) is 6.60. The van der Waals surface area contributed by atoms with Gasteiger partial charge in [-0.25, -0.2) is 13.8 Å². The van der Waals surface area contributed by atoms with Crippen LogP contribution in [0.15, 0.2) is 47.4 Å². The van der Waals surface area contributed by atoms with E-state index in [2.05, 4.69) is 9.71 Å². The number of nitrogens with zero attached hydrogens (tertiary/aromatic N) is 2. The molecule has 7 heteroatoms. The third kappa shape index (κ3) is 3.71. The quantitative estimate of drug-likeness (QED) is 0.588. The van der Waals surface area contributed by atoms with E-state index in [4.69, 9.17) is 11.6 Å². The normalized spacial score (nSPS) is 11.5. The second kappa shape index (κ2) is 7.51. The summed E-state index contributed by atoms with van der Waals surface area (Å²) >= 11 is 7.34. The summed E-state index contributed by atoms with van der Waals surface area (Å²) in [6, 6.07) is 12.1. The van der Waals surface area contributed by atoms with Gasteiger partial charge in [0.15, 0.2) is 0 Å². The Bertz CT molecular complexity index is 834. The van der Waals surface area contributed by atoms with Crippen molar-refractivity contribution >= 4 is 34.6 Å². The van der Waals surface area contributed by atoms with Crippen molar-refractivity contribution in [3.05, 3.63) is 58.9 Å². The van der Waals surface area contributed by atoms with Crippen LogP contribution in [-0.4, -0.2) is 9.55 Å². The molecular formula is C17H16ClF2N3S. The summed E-state index contributed by atoms with van der Waals surface area (Å²) < 4.78 is 31.0. The van der Waals surface area contributed by atoms with Crippen molar-refractivity contribution in [3.8, 4) is 0 Å². The van der Waals surface area contributed by atoms with Gasteiger partial charge in [0, 0.05) is 22.0 Å². The SMILES string of the molecule is CCn1c(CNSc2ccc(Cl)cc2)nc2ccc(C(F)F)cc21. The number of hydrogen-bond donors (Lipinski definition) is 1. The van der Waals surface area contributed by atoms with Crippen LogP contribution in [0.25, 0.3) is 11.0 Å². The van der Waals surface area contributed by atoms with Crippen LogP contribution >= 0.6 is 23.5 Å². The third-order valence-corrected chi connectivity index (χ3v) is 4.70. The average molecular weight is 368 g/mol. The molecule has 1 heterocycles. The zero-order valence-corrected chi connectivity index (χ0v) is 14.5. The molecule has 1 aromatic heterocycles. The summed E-state index contributed by atoms with van der Waals surface area (Å²) in [4.78, 5) is 5.59. The molecular weight excluding hydrogens is 352 g/mol. The molecule has 0 amide bonds. The van der Waals surface area contributed by atoms with Crippen LogP contribution in [0.2, 0.25) is 5.02 Å². The standard InChI is InChI=1S/C17H16ClF2N3S/c1-2-23-15-9-11(17(19)20)3-8-14(15)22-16(23)10-21-24-13-6-4-12(18)5-7-13/h3-9,17,21H,2,10H2,1H3. The van der Waals surface area contributed by atoms with Gasteiger partial charge < -0.3 is 4.57 Å². The molecule has 24 heavy (non-hydrogen) atoms. The largest absolute Gasteiger partial charge is 0.327 e. The highest BCUT2D eigenvalue weighted by atomic mass is 35.5. The van der Waals surface area contributed by atoms with Crippen LogP contribution in [0.1, 0.15) is 24.7 Å². The molecule has 0 aliphatic heterocycles. The lowest BCUT2D eigenvalue weighted by molar-refractivity contribution is 0.151. The lowest BCUT2D eigenvalue weighted by Crippen LogP contribution is -2.10. The Hall–Kier alpha value is -1.63. The number of imidazole rings is 1. The number of fused-ring (bicyclic) bond motifs is 1. The molecule has 1 N–H and O–H groups in total. The van der Waals surface area contributed by atoms with E-state index in [0.29, 0.717) is 18.1 Å². The molecule has 0 aliphatic rings. The Labute approximate surface area is 148 Å². The Balaban J connectivity index is 1.77. The first-order valence-electron chi connectivity index (χ1n) is 7.51. The lowest BCUT2D eigenvalue weighted by atomic mass is 10.2. The number of aryl methyl sites for hydroxylation is 1. The maximum atomic E-state index is 12.9. The van der Waals surface area contributed by atoms with E-state index in [0.717, 1.165) is 21.8 Å². The minimum Gasteiger partial charge on any atom is -0.327 e. The molecule has 0 aliphatic carbocycles. The minimum atomic E-state index is -2.48. The van der Waals surface area contributed by atoms with E-state index < -0.39 is 6.43 Å². The van der Waals surface area contributed by atoms with Crippen molar-refractivity contribution in [2.24, 2.45) is 0 Å². The van der Waals surface area contributed by atoms with Gasteiger partial charge in [-0.15, -0.1) is 0 Å². The molecule has 0 fully saturated rings. The van der Waals surface area contributed by atoms with Crippen LogP contribution in [0.5, 0.6) is 0 Å². The molecule has 2 aromatic carbocycles. The zero-order valence-electron chi connectivity index (χ0n) is 13.0. The van der Waals surface area contributed by atoms with Crippen molar-refractivity contribution in [3.63, 3.8) is 0 Å². The van der Waals surface area contributed by atoms with Gasteiger partial charge in [-0.05, 0) is 55.3 Å². The van der Waals surface area contributed by atoms with Crippen LogP contribution in [0, 0.1) is 0 Å². The molecule has 3 nitrogen and oxygen atoms in total. The maximum absolute atomic E-state index is 12.9. The molecule has 0 bridgehead atoms. The Kier molecular flexibility index (Phi) is 5.38. The Morgan fingerprint density at radius 3 is 2.62 bits per heavy atom. The summed E-state index contributed by atoms with van der Waals surface area (Å²) in [6.07, 6.45) is -2.48. The van der Waals surface area contributed by atoms with E-state index in [-0.39, 0.29) is 5.56 Å². The number of benzene rings is 2. The van der Waals surface area contributed by atoms with Crippen molar-refractivity contribution in [2.75, 3.05) is 0 Å². The summed E-state index contributed by atoms with van der Waals surface area (Å²) in [5.41, 5.74) is 1.49. The minimum absolute atomic E-state index is 0.0205. The summed E-state index contributed by atoms with van der Waals surface area (Å²) in [6.45, 7) is 3.18. The van der Waals surface area contributed by atoms with Gasteiger partial charge >= 0.3 is 0 Å². The van der Waals surface area contributed by atoms with E-state index in [1.165, 1.54) is 24.1 Å². The zero-order chi connectivity index (χ0) is 17.1. The first-order chi connectivity index (χ1) is 11.6. The van der Waals surface area contributed by atoms with Crippen molar-refractivity contribution in [2.45, 2.75) is 31.3 Å². The molecule has 0 unspecified atom stereocenters. The number of nitrogens with one attached hydrogen (secondary N) is 1. The van der Waals surface area contributed by atoms with Crippen molar-refractivity contribution < 1.29 is 8.78 Å². The fraction of sp³-hybridized carbons (Fsp3) is 0.235. The second-order valence-electron chi connectivity index (χ2n) is 5.20. The van der Waals surface area contributed by atoms with Crippen LogP contribution in [-0.2, 0) is 13.1 Å². The molecule has 0 spiro atoms. The molecule has 126 valence electrons. The molecule has 0 saturated heterocycles. The predicted octanol–water partition coefficient (Wildman–Crippen LogP) is 5.44. The highest BCUT2D eigenvalue weighted by molar-refractivity contribution is 7.97. The topological polar surface area (TPSA) is 29.9 Å². The van der Waals surface area contributed by atoms with Gasteiger partial charge in [-0.2, -0.15) is 0 Å². The number of alkyl halides is 2. The summed E-state index contributed by atoms with van der Waals surface area (Å²) in [7, 11) is 0. The van der Waals surface area contributed by atoms with Gasteiger partial charge in [-0.1, -0.05) is 17.7 Å². The van der Waals surface area contributed by atoms with Gasteiger partial charge in [0.2, 0.25) is 0 Å². The Morgan fingerprint density at radius 2 is 1.96 bits per heavy atom. The van der Waals surface area contributed by atoms with E-state index in [9.17, 15) is 8.78 Å². The maximum Gasteiger partial charge on any atom is 0.263 e. The number of hydrogen-bond acceptors (Lipinski definition) is 3. The van der Waals surface area contributed by atoms with E-state index >= 15 is 0 Å². The number of halogens is 3. The molecule has 3 aromatic rings. The van der Waals surface area contributed by atoms with Gasteiger partial charge in [-0.3, -0.25) is 4.72 Å². The number of aromatic nitrogens is 2. The molecule has 0 atom stereocenters. The van der Waals surface area contributed by atoms with Gasteiger partial charge in [0.25, 0.3) is 6.43 Å². The summed E-state index contributed by atoms with van der Waals surface area (Å²) in [5.74, 6) is 0.820. The third-order valence-electron chi connectivity index (χ3n) is 3.65. The monoisotopic (exact) mass is 367 g/mol. The van der Waals surface area contributed by atoms with Crippen LogP contribution in [0.4, 0.5) is 8.78 Å². The van der Waals surface area contributed by atoms with Gasteiger partial charge in [0.05, 0.1) is 17.6 Å². The number of rotatable bonds is 6. The first-order valence-corrected chi connectivity index (χ1v) is 8.70. The smallest absolute Gasteiger partial charge is 0.263 e. The lowest BCUT2D eigenvalue weighted by Gasteiger charge is -2.08.